The maximum absolute atomic E-state index is 5.89. The predicted octanol–water partition coefficient (Wildman–Crippen LogP) is 4.69. The van der Waals surface area contributed by atoms with E-state index in [0.717, 1.165) is 22.1 Å². The molecule has 3 aromatic rings. The van der Waals surface area contributed by atoms with Gasteiger partial charge >= 0.3 is 0 Å². The van der Waals surface area contributed by atoms with Crippen molar-refractivity contribution in [3.63, 3.8) is 0 Å². The largest absolute Gasteiger partial charge is 0.474 e. The van der Waals surface area contributed by atoms with Crippen LogP contribution in [0.4, 0.5) is 0 Å². The molecule has 1 aromatic heterocycles. The third-order valence-corrected chi connectivity index (χ3v) is 3.45. The van der Waals surface area contributed by atoms with Gasteiger partial charge in [0.1, 0.15) is 11.2 Å². The first-order chi connectivity index (χ1) is 10.1. The van der Waals surface area contributed by atoms with Crippen LogP contribution in [0.1, 0.15) is 39.3 Å². The van der Waals surface area contributed by atoms with E-state index in [4.69, 9.17) is 14.7 Å². The molecule has 0 unspecified atom stereocenters. The van der Waals surface area contributed by atoms with Crippen molar-refractivity contribution in [3.05, 3.63) is 42.1 Å². The molecule has 0 aliphatic heterocycles. The molecule has 0 spiro atoms. The Kier molecular flexibility index (Phi) is 3.50. The van der Waals surface area contributed by atoms with Crippen LogP contribution < -0.4 is 4.74 Å². The highest BCUT2D eigenvalue weighted by molar-refractivity contribution is 6.03. The molecule has 0 fully saturated rings. The van der Waals surface area contributed by atoms with Crippen molar-refractivity contribution in [1.82, 2.24) is 9.97 Å². The molecular weight excluding hydrogens is 260 g/mol. The van der Waals surface area contributed by atoms with E-state index in [1.165, 1.54) is 5.39 Å². The lowest BCUT2D eigenvalue weighted by molar-refractivity contribution is 0.229. The zero-order chi connectivity index (χ0) is 15.0. The van der Waals surface area contributed by atoms with Gasteiger partial charge in [0.15, 0.2) is 0 Å². The Bertz CT molecular complexity index is 794. The number of nitrogens with zero attached hydrogens (tertiary/aromatic N) is 2. The number of ether oxygens (including phenoxy) is 1. The van der Waals surface area contributed by atoms with Crippen molar-refractivity contribution in [1.29, 1.82) is 0 Å². The summed E-state index contributed by atoms with van der Waals surface area (Å²) >= 11 is 0. The third-order valence-electron chi connectivity index (χ3n) is 3.45. The smallest absolute Gasteiger partial charge is 0.236 e. The minimum atomic E-state index is 0.0872. The first-order valence-electron chi connectivity index (χ1n) is 7.42. The average Bonchev–Trinajstić information content (AvgIpc) is 2.45. The van der Waals surface area contributed by atoms with E-state index >= 15 is 0 Å². The molecule has 108 valence electrons. The third kappa shape index (κ3) is 2.56. The number of rotatable bonds is 3. The molecule has 0 amide bonds. The molecule has 0 aliphatic carbocycles. The van der Waals surface area contributed by atoms with E-state index in [1.54, 1.807) is 0 Å². The van der Waals surface area contributed by atoms with Crippen LogP contribution in [0.3, 0.4) is 0 Å². The molecule has 0 radical (unpaired) electrons. The highest BCUT2D eigenvalue weighted by Crippen LogP contribution is 2.29. The van der Waals surface area contributed by atoms with Crippen LogP contribution in [0.5, 0.6) is 5.88 Å². The molecule has 3 rings (SSSR count). The Morgan fingerprint density at radius 2 is 1.67 bits per heavy atom. The van der Waals surface area contributed by atoms with Gasteiger partial charge in [0.2, 0.25) is 5.88 Å². The predicted molar refractivity (Wildman–Crippen MR) is 86.9 cm³/mol. The monoisotopic (exact) mass is 280 g/mol. The molecule has 21 heavy (non-hydrogen) atoms. The van der Waals surface area contributed by atoms with Crippen LogP contribution >= 0.6 is 0 Å². The summed E-state index contributed by atoms with van der Waals surface area (Å²) < 4.78 is 5.89. The van der Waals surface area contributed by atoms with Crippen LogP contribution in [-0.2, 0) is 0 Å². The van der Waals surface area contributed by atoms with Gasteiger partial charge in [-0.3, -0.25) is 0 Å². The van der Waals surface area contributed by atoms with E-state index in [0.29, 0.717) is 5.88 Å². The molecule has 3 heteroatoms. The maximum atomic E-state index is 5.89. The van der Waals surface area contributed by atoms with Gasteiger partial charge in [0.25, 0.3) is 0 Å². The number of aromatic nitrogens is 2. The summed E-state index contributed by atoms with van der Waals surface area (Å²) in [7, 11) is 0. The Balaban J connectivity index is 2.32. The van der Waals surface area contributed by atoms with E-state index in [9.17, 15) is 0 Å². The topological polar surface area (TPSA) is 35.0 Å². The summed E-state index contributed by atoms with van der Waals surface area (Å²) in [6.07, 6.45) is 0.0872. The molecule has 0 atom stereocenters. The van der Waals surface area contributed by atoms with Gasteiger partial charge in [-0.1, -0.05) is 44.2 Å². The lowest BCUT2D eigenvalue weighted by Crippen LogP contribution is -2.11. The molecule has 0 bridgehead atoms. The van der Waals surface area contributed by atoms with Crippen molar-refractivity contribution in [2.24, 2.45) is 0 Å². The van der Waals surface area contributed by atoms with E-state index in [-0.39, 0.29) is 12.0 Å². The van der Waals surface area contributed by atoms with E-state index in [2.05, 4.69) is 32.0 Å². The van der Waals surface area contributed by atoms with E-state index in [1.807, 2.05) is 32.0 Å². The van der Waals surface area contributed by atoms with Crippen LogP contribution in [0, 0.1) is 0 Å². The van der Waals surface area contributed by atoms with Crippen LogP contribution in [0.2, 0.25) is 0 Å². The fraction of sp³-hybridized carbons (Fsp3) is 0.333. The number of hydrogen-bond donors (Lipinski definition) is 0. The van der Waals surface area contributed by atoms with Gasteiger partial charge in [0.05, 0.1) is 11.6 Å². The summed E-state index contributed by atoms with van der Waals surface area (Å²) in [5.74, 6) is 0.936. The molecule has 0 saturated carbocycles. The summed E-state index contributed by atoms with van der Waals surface area (Å²) in [4.78, 5) is 9.57. The van der Waals surface area contributed by atoms with Gasteiger partial charge < -0.3 is 4.74 Å². The highest BCUT2D eigenvalue weighted by atomic mass is 16.5. The lowest BCUT2D eigenvalue weighted by Gasteiger charge is -2.16. The zero-order valence-corrected chi connectivity index (χ0v) is 12.9. The summed E-state index contributed by atoms with van der Waals surface area (Å²) in [5.41, 5.74) is 2.76. The summed E-state index contributed by atoms with van der Waals surface area (Å²) in [6.45, 7) is 8.26. The zero-order valence-electron chi connectivity index (χ0n) is 12.9. The number of fused-ring (bicyclic) bond motifs is 3. The average molecular weight is 280 g/mol. The minimum Gasteiger partial charge on any atom is -0.474 e. The van der Waals surface area contributed by atoms with Crippen molar-refractivity contribution in [2.45, 2.75) is 39.7 Å². The van der Waals surface area contributed by atoms with Crippen LogP contribution in [-0.4, -0.2) is 16.1 Å². The maximum Gasteiger partial charge on any atom is 0.236 e. The Morgan fingerprint density at radius 3 is 2.38 bits per heavy atom. The Hall–Kier alpha value is -2.16. The van der Waals surface area contributed by atoms with Crippen LogP contribution in [0.25, 0.3) is 21.8 Å². The van der Waals surface area contributed by atoms with Gasteiger partial charge in [-0.15, -0.1) is 0 Å². The lowest BCUT2D eigenvalue weighted by atomic mass is 10.1. The van der Waals surface area contributed by atoms with Gasteiger partial charge in [-0.25, -0.2) is 9.97 Å². The van der Waals surface area contributed by atoms with Gasteiger partial charge in [-0.2, -0.15) is 0 Å². The Morgan fingerprint density at radius 1 is 0.905 bits per heavy atom. The molecular formula is C18H20N2O. The standard InChI is InChI=1S/C18H20N2O/c1-11(2)16-18(21-12(3)4)20-17-14-8-6-5-7-13(14)9-10-15(17)19-16/h5-12H,1-4H3. The minimum absolute atomic E-state index is 0.0872. The van der Waals surface area contributed by atoms with Crippen LogP contribution in [0.15, 0.2) is 36.4 Å². The van der Waals surface area contributed by atoms with Crippen molar-refractivity contribution < 1.29 is 4.74 Å². The molecule has 2 aromatic carbocycles. The molecule has 0 aliphatic rings. The highest BCUT2D eigenvalue weighted by Gasteiger charge is 2.15. The summed E-state index contributed by atoms with van der Waals surface area (Å²) in [5, 5.41) is 2.29. The molecule has 3 nitrogen and oxygen atoms in total. The van der Waals surface area contributed by atoms with Gasteiger partial charge in [-0.05, 0) is 25.3 Å². The SMILES string of the molecule is CC(C)Oc1nc2c(ccc3ccccc32)nc1C(C)C. The molecule has 0 N–H and O–H groups in total. The first-order valence-corrected chi connectivity index (χ1v) is 7.42. The Labute approximate surface area is 125 Å². The fourth-order valence-corrected chi connectivity index (χ4v) is 2.47. The number of benzene rings is 2. The first kappa shape index (κ1) is 13.8. The second-order valence-electron chi connectivity index (χ2n) is 5.89. The normalized spacial score (nSPS) is 11.7. The second kappa shape index (κ2) is 5.32. The number of hydrogen-bond acceptors (Lipinski definition) is 3. The fourth-order valence-electron chi connectivity index (χ4n) is 2.47. The molecule has 0 saturated heterocycles. The molecule has 1 heterocycles. The van der Waals surface area contributed by atoms with Crippen molar-refractivity contribution in [3.8, 4) is 5.88 Å². The second-order valence-corrected chi connectivity index (χ2v) is 5.89. The quantitative estimate of drug-likeness (QED) is 0.653. The van der Waals surface area contributed by atoms with Crippen molar-refractivity contribution >= 4 is 21.8 Å². The summed E-state index contributed by atoms with van der Waals surface area (Å²) in [6, 6.07) is 12.4. The van der Waals surface area contributed by atoms with Crippen molar-refractivity contribution in [2.75, 3.05) is 0 Å². The van der Waals surface area contributed by atoms with E-state index < -0.39 is 0 Å². The van der Waals surface area contributed by atoms with Gasteiger partial charge in [0, 0.05) is 11.3 Å².